The molecule has 3 aromatic heterocycles. The summed E-state index contributed by atoms with van der Waals surface area (Å²) in [6, 6.07) is 3.42. The highest BCUT2D eigenvalue weighted by Gasteiger charge is 2.41. The molecule has 1 N–H and O–H groups in total. The molecule has 11 nitrogen and oxygen atoms in total. The van der Waals surface area contributed by atoms with Crippen LogP contribution in [0.15, 0.2) is 30.7 Å². The number of imidazole rings is 1. The molecule has 1 aromatic carbocycles. The molecule has 2 aliphatic rings. The van der Waals surface area contributed by atoms with Crippen molar-refractivity contribution < 1.29 is 18.7 Å². The van der Waals surface area contributed by atoms with Crippen LogP contribution in [0.3, 0.4) is 0 Å². The number of carbonyl (C=O) groups excluding carboxylic acids is 2. The fraction of sp³-hybridized carbons (Fsp3) is 0.467. The Labute approximate surface area is 243 Å². The van der Waals surface area contributed by atoms with Gasteiger partial charge < -0.3 is 24.3 Å². The molecule has 2 amide bonds. The zero-order valence-electron chi connectivity index (χ0n) is 24.5. The van der Waals surface area contributed by atoms with Gasteiger partial charge in [0.1, 0.15) is 22.5 Å². The van der Waals surface area contributed by atoms with E-state index >= 15 is 4.39 Å². The lowest BCUT2D eigenvalue weighted by Crippen LogP contribution is -2.50. The summed E-state index contributed by atoms with van der Waals surface area (Å²) in [6.07, 6.45) is 8.17. The minimum atomic E-state index is -0.691. The number of hydrogen-bond acceptors (Lipinski definition) is 8. The van der Waals surface area contributed by atoms with E-state index in [4.69, 9.17) is 4.74 Å². The number of nitrogens with zero attached hydrogens (tertiary/aromatic N) is 7. The molecule has 1 aliphatic heterocycles. The molecule has 1 saturated heterocycles. The number of rotatable bonds is 5. The Balaban J connectivity index is 1.23. The second-order valence-corrected chi connectivity index (χ2v) is 12.2. The number of benzene rings is 1. The van der Waals surface area contributed by atoms with Crippen molar-refractivity contribution in [3.63, 3.8) is 0 Å². The van der Waals surface area contributed by atoms with E-state index in [2.05, 4.69) is 30.4 Å². The molecule has 0 bridgehead atoms. The third-order valence-corrected chi connectivity index (χ3v) is 7.67. The van der Waals surface area contributed by atoms with E-state index in [1.807, 2.05) is 45.7 Å². The summed E-state index contributed by atoms with van der Waals surface area (Å²) in [6.45, 7) is 10.6. The SMILES string of the molecule is Cc1cn2cc(NC(=O)c3c(F)cc(N4CCC(N(C(=O)OC(C)(C)C)C5CC5)CC4)c4ccnnc34)nc2c(C)n1. The molecule has 4 heterocycles. The Morgan fingerprint density at radius 2 is 1.79 bits per heavy atom. The maximum atomic E-state index is 15.7. The Morgan fingerprint density at radius 1 is 1.07 bits per heavy atom. The molecular weight excluding hydrogens is 539 g/mol. The zero-order chi connectivity index (χ0) is 29.8. The number of piperidine rings is 1. The molecule has 0 unspecified atom stereocenters. The number of anilines is 2. The molecule has 12 heteroatoms. The van der Waals surface area contributed by atoms with Crippen LogP contribution in [-0.4, -0.2) is 72.2 Å². The van der Waals surface area contributed by atoms with E-state index in [0.717, 1.165) is 37.1 Å². The van der Waals surface area contributed by atoms with Gasteiger partial charge in [0.2, 0.25) is 0 Å². The van der Waals surface area contributed by atoms with E-state index in [9.17, 15) is 9.59 Å². The summed E-state index contributed by atoms with van der Waals surface area (Å²) in [7, 11) is 0. The third kappa shape index (κ3) is 5.45. The number of carbonyl (C=O) groups is 2. The first-order valence-corrected chi connectivity index (χ1v) is 14.3. The lowest BCUT2D eigenvalue weighted by Gasteiger charge is -2.40. The normalized spacial score (nSPS) is 16.2. The van der Waals surface area contributed by atoms with E-state index < -0.39 is 17.3 Å². The van der Waals surface area contributed by atoms with Crippen molar-refractivity contribution in [3.8, 4) is 0 Å². The van der Waals surface area contributed by atoms with Crippen LogP contribution in [-0.2, 0) is 4.74 Å². The van der Waals surface area contributed by atoms with Gasteiger partial charge in [-0.25, -0.2) is 14.2 Å². The van der Waals surface area contributed by atoms with E-state index in [1.54, 1.807) is 16.7 Å². The lowest BCUT2D eigenvalue weighted by atomic mass is 10.00. The van der Waals surface area contributed by atoms with Crippen molar-refractivity contribution in [2.45, 2.75) is 78.0 Å². The van der Waals surface area contributed by atoms with Crippen molar-refractivity contribution in [2.24, 2.45) is 0 Å². The fourth-order valence-electron chi connectivity index (χ4n) is 5.78. The summed E-state index contributed by atoms with van der Waals surface area (Å²) in [5.41, 5.74) is 2.21. The number of nitrogens with one attached hydrogen (secondary N) is 1. The van der Waals surface area contributed by atoms with Gasteiger partial charge in [0.05, 0.1) is 23.8 Å². The van der Waals surface area contributed by atoms with Crippen LogP contribution < -0.4 is 10.2 Å². The van der Waals surface area contributed by atoms with Crippen LogP contribution >= 0.6 is 0 Å². The second-order valence-electron chi connectivity index (χ2n) is 12.2. The molecule has 42 heavy (non-hydrogen) atoms. The van der Waals surface area contributed by atoms with Crippen molar-refractivity contribution in [1.82, 2.24) is 29.5 Å². The van der Waals surface area contributed by atoms with E-state index in [0.29, 0.717) is 29.8 Å². The molecule has 4 aromatic rings. The highest BCUT2D eigenvalue weighted by molar-refractivity contribution is 6.13. The smallest absolute Gasteiger partial charge is 0.410 e. The summed E-state index contributed by atoms with van der Waals surface area (Å²) < 4.78 is 23.2. The number of ether oxygens (including phenoxy) is 1. The lowest BCUT2D eigenvalue weighted by molar-refractivity contribution is 0.0114. The Bertz CT molecular complexity index is 1690. The number of halogens is 1. The van der Waals surface area contributed by atoms with Crippen molar-refractivity contribution in [3.05, 3.63) is 53.5 Å². The summed E-state index contributed by atoms with van der Waals surface area (Å²) in [4.78, 5) is 39.2. The summed E-state index contributed by atoms with van der Waals surface area (Å²) in [5.74, 6) is -1.07. The van der Waals surface area contributed by atoms with Gasteiger partial charge in [-0.1, -0.05) is 0 Å². The molecule has 0 radical (unpaired) electrons. The third-order valence-electron chi connectivity index (χ3n) is 7.67. The summed E-state index contributed by atoms with van der Waals surface area (Å²) in [5, 5.41) is 11.5. The number of fused-ring (bicyclic) bond motifs is 2. The number of aryl methyl sites for hydroxylation is 2. The Morgan fingerprint density at radius 3 is 2.48 bits per heavy atom. The Kier molecular flexibility index (Phi) is 6.94. The highest BCUT2D eigenvalue weighted by Crippen LogP contribution is 2.36. The molecule has 1 aliphatic carbocycles. The predicted molar refractivity (Wildman–Crippen MR) is 156 cm³/mol. The molecule has 1 saturated carbocycles. The van der Waals surface area contributed by atoms with Crippen LogP contribution in [0, 0.1) is 19.7 Å². The van der Waals surface area contributed by atoms with Crippen LogP contribution in [0.4, 0.5) is 20.7 Å². The van der Waals surface area contributed by atoms with Crippen molar-refractivity contribution in [2.75, 3.05) is 23.3 Å². The first kappa shape index (κ1) is 27.8. The van der Waals surface area contributed by atoms with Gasteiger partial charge >= 0.3 is 6.09 Å². The molecular formula is C30H35FN8O3. The van der Waals surface area contributed by atoms with E-state index in [-0.39, 0.29) is 35.1 Å². The van der Waals surface area contributed by atoms with Gasteiger partial charge in [0.25, 0.3) is 5.91 Å². The van der Waals surface area contributed by atoms with Crippen molar-refractivity contribution in [1.29, 1.82) is 0 Å². The minimum absolute atomic E-state index is 0.0533. The number of hydrogen-bond donors (Lipinski definition) is 1. The first-order chi connectivity index (χ1) is 20.0. The van der Waals surface area contributed by atoms with Crippen LogP contribution in [0.25, 0.3) is 16.6 Å². The monoisotopic (exact) mass is 574 g/mol. The number of amides is 2. The van der Waals surface area contributed by atoms with Gasteiger partial charge in [0, 0.05) is 42.4 Å². The van der Waals surface area contributed by atoms with Crippen LogP contribution in [0.1, 0.15) is 68.2 Å². The fourth-order valence-corrected chi connectivity index (χ4v) is 5.78. The predicted octanol–water partition coefficient (Wildman–Crippen LogP) is 5.05. The molecule has 220 valence electrons. The molecule has 2 fully saturated rings. The average molecular weight is 575 g/mol. The standard InChI is InChI=1S/C30H35FN8O3/c1-17-15-38-16-24(34-27(38)18(2)33-17)35-28(40)25-22(31)14-23(21-8-11-32-36-26(21)25)37-12-9-20(10-13-37)39(19-6-7-19)29(41)42-30(3,4)5/h8,11,14-16,19-20H,6-7,9-10,12-13H2,1-5H3,(H,35,40). The zero-order valence-corrected chi connectivity index (χ0v) is 24.5. The largest absolute Gasteiger partial charge is 0.444 e. The second kappa shape index (κ2) is 10.5. The first-order valence-electron chi connectivity index (χ1n) is 14.3. The van der Waals surface area contributed by atoms with Gasteiger partial charge in [-0.05, 0) is 72.4 Å². The molecule has 6 rings (SSSR count). The van der Waals surface area contributed by atoms with Crippen LogP contribution in [0.2, 0.25) is 0 Å². The van der Waals surface area contributed by atoms with E-state index in [1.165, 1.54) is 12.3 Å². The molecule has 0 atom stereocenters. The highest BCUT2D eigenvalue weighted by atomic mass is 19.1. The van der Waals surface area contributed by atoms with Crippen molar-refractivity contribution >= 4 is 40.1 Å². The maximum Gasteiger partial charge on any atom is 0.410 e. The van der Waals surface area contributed by atoms with Crippen LogP contribution in [0.5, 0.6) is 0 Å². The summed E-state index contributed by atoms with van der Waals surface area (Å²) >= 11 is 0. The topological polar surface area (TPSA) is 118 Å². The quantitative estimate of drug-likeness (QED) is 0.352. The average Bonchev–Trinajstić information content (AvgIpc) is 3.66. The van der Waals surface area contributed by atoms with Gasteiger partial charge in [-0.3, -0.25) is 9.78 Å². The van der Waals surface area contributed by atoms with Gasteiger partial charge in [0.15, 0.2) is 11.5 Å². The van der Waals surface area contributed by atoms with Gasteiger partial charge in [-0.15, -0.1) is 5.10 Å². The van der Waals surface area contributed by atoms with Gasteiger partial charge in [-0.2, -0.15) is 5.10 Å². The maximum absolute atomic E-state index is 15.7. The minimum Gasteiger partial charge on any atom is -0.444 e. The number of aromatic nitrogens is 5. The molecule has 0 spiro atoms. The Hall–Kier alpha value is -4.35.